The zero-order chi connectivity index (χ0) is 23.5. The molecule has 0 radical (unpaired) electrons. The molecule has 0 fully saturated rings. The van der Waals surface area contributed by atoms with E-state index in [9.17, 15) is 4.79 Å². The lowest BCUT2D eigenvalue weighted by molar-refractivity contribution is 0.103. The van der Waals surface area contributed by atoms with Gasteiger partial charge in [0.25, 0.3) is 0 Å². The van der Waals surface area contributed by atoms with Crippen molar-refractivity contribution in [2.24, 2.45) is 10.3 Å². The highest BCUT2D eigenvalue weighted by Gasteiger charge is 2.22. The predicted molar refractivity (Wildman–Crippen MR) is 133 cm³/mol. The lowest BCUT2D eigenvalue weighted by Crippen LogP contribution is -2.21. The summed E-state index contributed by atoms with van der Waals surface area (Å²) in [6.45, 7) is 4.50. The minimum atomic E-state index is -0.0454. The predicted octanol–water partition coefficient (Wildman–Crippen LogP) is 6.52. The van der Waals surface area contributed by atoms with Crippen molar-refractivity contribution in [2.75, 3.05) is 23.5 Å². The number of carbonyl (C=O) groups is 1. The molecule has 1 aliphatic heterocycles. The standard InChI is InChI=1S/C25H24Cl2N4O2/c1-15-3-6-20(31-14-19(9-10-32)29-30-31)13-22(15)25(33)21-7-4-17(11-16(21)2)28-18-5-8-23(26)24(27)12-18/h3-8,11-13,19,28,32H,9-10,14H2,1-2H3. The number of nitrogens with zero attached hydrogens (tertiary/aromatic N) is 3. The molecule has 2 N–H and O–H groups in total. The van der Waals surface area contributed by atoms with Gasteiger partial charge in [-0.25, -0.2) is 5.01 Å². The van der Waals surface area contributed by atoms with E-state index in [0.29, 0.717) is 34.1 Å². The Balaban J connectivity index is 1.55. The molecule has 0 bridgehead atoms. The summed E-state index contributed by atoms with van der Waals surface area (Å²) in [7, 11) is 0. The Bertz CT molecular complexity index is 1230. The van der Waals surface area contributed by atoms with Gasteiger partial charge in [-0.15, -0.1) is 0 Å². The second kappa shape index (κ2) is 9.91. The largest absolute Gasteiger partial charge is 0.396 e. The Hall–Kier alpha value is -2.93. The molecule has 8 heteroatoms. The molecule has 1 aliphatic rings. The van der Waals surface area contributed by atoms with Crippen molar-refractivity contribution in [3.05, 3.63) is 86.9 Å². The third kappa shape index (κ3) is 5.19. The molecule has 1 unspecified atom stereocenters. The number of carbonyl (C=O) groups excluding carboxylic acids is 1. The molecule has 3 aromatic carbocycles. The lowest BCUT2D eigenvalue weighted by Gasteiger charge is -2.16. The average Bonchev–Trinajstić information content (AvgIpc) is 3.25. The zero-order valence-corrected chi connectivity index (χ0v) is 19.9. The molecule has 1 heterocycles. The van der Waals surface area contributed by atoms with E-state index < -0.39 is 0 Å². The van der Waals surface area contributed by atoms with Crippen LogP contribution in [0, 0.1) is 13.8 Å². The van der Waals surface area contributed by atoms with Gasteiger partial charge in [-0.3, -0.25) is 4.79 Å². The van der Waals surface area contributed by atoms with E-state index in [-0.39, 0.29) is 18.4 Å². The molecule has 170 valence electrons. The molecule has 0 aromatic heterocycles. The maximum Gasteiger partial charge on any atom is 0.193 e. The normalized spacial score (nSPS) is 15.2. The van der Waals surface area contributed by atoms with Crippen LogP contribution < -0.4 is 10.3 Å². The van der Waals surface area contributed by atoms with Crippen LogP contribution in [0.2, 0.25) is 10.0 Å². The smallest absolute Gasteiger partial charge is 0.193 e. The van der Waals surface area contributed by atoms with E-state index in [2.05, 4.69) is 15.7 Å². The Labute approximate surface area is 202 Å². The molecule has 0 amide bonds. The van der Waals surface area contributed by atoms with Crippen molar-refractivity contribution in [1.82, 2.24) is 0 Å². The Morgan fingerprint density at radius 2 is 1.76 bits per heavy atom. The first-order valence-corrected chi connectivity index (χ1v) is 11.4. The highest BCUT2D eigenvalue weighted by Crippen LogP contribution is 2.29. The number of ketones is 1. The zero-order valence-electron chi connectivity index (χ0n) is 18.3. The van der Waals surface area contributed by atoms with Gasteiger partial charge in [-0.2, -0.15) is 5.11 Å². The number of anilines is 3. The van der Waals surface area contributed by atoms with Gasteiger partial charge >= 0.3 is 0 Å². The first-order valence-electron chi connectivity index (χ1n) is 10.6. The lowest BCUT2D eigenvalue weighted by atomic mass is 9.95. The number of nitrogens with one attached hydrogen (secondary N) is 1. The number of hydrogen-bond donors (Lipinski definition) is 2. The highest BCUT2D eigenvalue weighted by molar-refractivity contribution is 6.42. The minimum absolute atomic E-state index is 0.0340. The van der Waals surface area contributed by atoms with Gasteiger partial charge in [0.2, 0.25) is 0 Å². The number of aryl methyl sites for hydroxylation is 2. The van der Waals surface area contributed by atoms with Gasteiger partial charge in [0, 0.05) is 29.1 Å². The van der Waals surface area contributed by atoms with Crippen LogP contribution in [0.15, 0.2) is 64.9 Å². The van der Waals surface area contributed by atoms with Crippen molar-refractivity contribution in [2.45, 2.75) is 26.3 Å². The Morgan fingerprint density at radius 1 is 1.00 bits per heavy atom. The van der Waals surface area contributed by atoms with Crippen molar-refractivity contribution in [3.63, 3.8) is 0 Å². The van der Waals surface area contributed by atoms with Crippen molar-refractivity contribution in [1.29, 1.82) is 0 Å². The van der Waals surface area contributed by atoms with E-state index in [1.807, 2.05) is 56.3 Å². The fraction of sp³-hybridized carbons (Fsp3) is 0.240. The topological polar surface area (TPSA) is 77.3 Å². The van der Waals surface area contributed by atoms with E-state index in [1.54, 1.807) is 17.1 Å². The summed E-state index contributed by atoms with van der Waals surface area (Å²) in [5.41, 5.74) is 5.48. The fourth-order valence-electron chi connectivity index (χ4n) is 3.76. The minimum Gasteiger partial charge on any atom is -0.396 e. The van der Waals surface area contributed by atoms with Gasteiger partial charge < -0.3 is 10.4 Å². The van der Waals surface area contributed by atoms with Crippen LogP contribution in [0.5, 0.6) is 0 Å². The summed E-state index contributed by atoms with van der Waals surface area (Å²) in [5.74, 6) is -0.0454. The first-order chi connectivity index (χ1) is 15.9. The van der Waals surface area contributed by atoms with Gasteiger partial charge in [0.05, 0.1) is 28.3 Å². The Morgan fingerprint density at radius 3 is 2.48 bits per heavy atom. The highest BCUT2D eigenvalue weighted by atomic mass is 35.5. The van der Waals surface area contributed by atoms with Crippen LogP contribution in [0.4, 0.5) is 17.1 Å². The van der Waals surface area contributed by atoms with Crippen LogP contribution in [0.25, 0.3) is 0 Å². The summed E-state index contributed by atoms with van der Waals surface area (Å²) in [5, 5.41) is 23.6. The molecule has 0 saturated heterocycles. The molecule has 0 spiro atoms. The van der Waals surface area contributed by atoms with Crippen LogP contribution >= 0.6 is 23.2 Å². The molecular weight excluding hydrogens is 459 g/mol. The molecular formula is C25H24Cl2N4O2. The number of hydrogen-bond acceptors (Lipinski definition) is 6. The monoisotopic (exact) mass is 482 g/mol. The third-order valence-electron chi connectivity index (χ3n) is 5.61. The van der Waals surface area contributed by atoms with Gasteiger partial charge in [0.15, 0.2) is 5.78 Å². The third-order valence-corrected chi connectivity index (χ3v) is 6.35. The molecule has 0 saturated carbocycles. The van der Waals surface area contributed by atoms with E-state index in [4.69, 9.17) is 28.3 Å². The number of rotatable bonds is 7. The summed E-state index contributed by atoms with van der Waals surface area (Å²) >= 11 is 12.1. The summed E-state index contributed by atoms with van der Waals surface area (Å²) in [6, 6.07) is 16.7. The van der Waals surface area contributed by atoms with Crippen molar-refractivity contribution in [3.8, 4) is 0 Å². The molecule has 0 aliphatic carbocycles. The quantitative estimate of drug-likeness (QED) is 0.375. The second-order valence-corrected chi connectivity index (χ2v) is 8.88. The summed E-state index contributed by atoms with van der Waals surface area (Å²) in [6.07, 6.45) is 0.569. The molecule has 6 nitrogen and oxygen atoms in total. The summed E-state index contributed by atoms with van der Waals surface area (Å²) < 4.78 is 0. The number of aliphatic hydroxyl groups excluding tert-OH is 1. The second-order valence-electron chi connectivity index (χ2n) is 8.07. The average molecular weight is 483 g/mol. The molecule has 3 aromatic rings. The molecule has 4 rings (SSSR count). The van der Waals surface area contributed by atoms with Gasteiger partial charge in [-0.05, 0) is 79.9 Å². The van der Waals surface area contributed by atoms with E-state index in [0.717, 1.165) is 28.2 Å². The number of aliphatic hydroxyl groups is 1. The molecule has 1 atom stereocenters. The Kier molecular flexibility index (Phi) is 6.98. The van der Waals surface area contributed by atoms with Crippen LogP contribution in [-0.2, 0) is 0 Å². The number of halogens is 2. The fourth-order valence-corrected chi connectivity index (χ4v) is 4.06. The van der Waals surface area contributed by atoms with Crippen molar-refractivity contribution >= 4 is 46.0 Å². The SMILES string of the molecule is Cc1cc(Nc2ccc(Cl)c(Cl)c2)ccc1C(=O)c1cc(N2CC(CCO)N=N2)ccc1C. The number of benzene rings is 3. The van der Waals surface area contributed by atoms with Crippen molar-refractivity contribution < 1.29 is 9.90 Å². The van der Waals surface area contributed by atoms with Crippen LogP contribution in [0.3, 0.4) is 0 Å². The van der Waals surface area contributed by atoms with Gasteiger partial charge in [-0.1, -0.05) is 34.5 Å². The van der Waals surface area contributed by atoms with Crippen LogP contribution in [0.1, 0.15) is 33.5 Å². The summed E-state index contributed by atoms with van der Waals surface area (Å²) in [4.78, 5) is 13.4. The molecule has 33 heavy (non-hydrogen) atoms. The van der Waals surface area contributed by atoms with E-state index >= 15 is 0 Å². The first kappa shape index (κ1) is 23.2. The van der Waals surface area contributed by atoms with Gasteiger partial charge in [0.1, 0.15) is 0 Å². The maximum absolute atomic E-state index is 13.4. The van der Waals surface area contributed by atoms with E-state index in [1.165, 1.54) is 0 Å². The maximum atomic E-state index is 13.4. The van der Waals surface area contributed by atoms with Crippen LogP contribution in [-0.4, -0.2) is 30.1 Å².